The molecule has 0 atom stereocenters. The lowest BCUT2D eigenvalue weighted by molar-refractivity contribution is 0.311. The molecule has 0 bridgehead atoms. The van der Waals surface area contributed by atoms with Crippen molar-refractivity contribution in [2.45, 2.75) is 90.4 Å². The van der Waals surface area contributed by atoms with Gasteiger partial charge in [-0.3, -0.25) is 0 Å². The SMILES string of the molecule is C#CCOc1cccc(CCCCCCCC/C=C\CCCCCC)c1OCC#C. The highest BCUT2D eigenvalue weighted by Gasteiger charge is 2.10. The molecule has 0 spiro atoms. The van der Waals surface area contributed by atoms with Gasteiger partial charge in [0.05, 0.1) is 0 Å². The van der Waals surface area contributed by atoms with E-state index in [-0.39, 0.29) is 13.2 Å². The van der Waals surface area contributed by atoms with Gasteiger partial charge in [0.2, 0.25) is 0 Å². The van der Waals surface area contributed by atoms with Crippen LogP contribution in [0.4, 0.5) is 0 Å². The molecule has 0 amide bonds. The minimum atomic E-state index is 0.226. The Labute approximate surface area is 185 Å². The van der Waals surface area contributed by atoms with Gasteiger partial charge >= 0.3 is 0 Å². The van der Waals surface area contributed by atoms with Crippen LogP contribution in [0.15, 0.2) is 30.4 Å². The number of benzene rings is 1. The van der Waals surface area contributed by atoms with Crippen LogP contribution in [0.3, 0.4) is 0 Å². The molecule has 2 heteroatoms. The number of unbranched alkanes of at least 4 members (excludes halogenated alkanes) is 10. The number of terminal acetylenes is 2. The smallest absolute Gasteiger partial charge is 0.165 e. The molecule has 164 valence electrons. The van der Waals surface area contributed by atoms with E-state index in [1.165, 1.54) is 70.6 Å². The second-order valence-corrected chi connectivity index (χ2v) is 7.71. The molecule has 0 saturated carbocycles. The molecule has 0 radical (unpaired) electrons. The van der Waals surface area contributed by atoms with Crippen LogP contribution < -0.4 is 9.47 Å². The Balaban J connectivity index is 2.19. The average Bonchev–Trinajstić information content (AvgIpc) is 2.77. The predicted molar refractivity (Wildman–Crippen MR) is 129 cm³/mol. The average molecular weight is 409 g/mol. The third-order valence-corrected chi connectivity index (χ3v) is 5.13. The lowest BCUT2D eigenvalue weighted by atomic mass is 10.0. The summed E-state index contributed by atoms with van der Waals surface area (Å²) in [6, 6.07) is 5.96. The Kier molecular flexibility index (Phi) is 16.0. The molecule has 0 aliphatic carbocycles. The highest BCUT2D eigenvalue weighted by Crippen LogP contribution is 2.32. The van der Waals surface area contributed by atoms with E-state index in [4.69, 9.17) is 22.3 Å². The molecule has 0 unspecified atom stereocenters. The number of rotatable bonds is 18. The van der Waals surface area contributed by atoms with Gasteiger partial charge in [0, 0.05) is 0 Å². The summed E-state index contributed by atoms with van der Waals surface area (Å²) in [6.07, 6.45) is 31.9. The van der Waals surface area contributed by atoms with Gasteiger partial charge in [-0.1, -0.05) is 88.0 Å². The molecule has 1 aromatic rings. The summed E-state index contributed by atoms with van der Waals surface area (Å²) in [5.41, 5.74) is 1.14. The van der Waals surface area contributed by atoms with E-state index in [1.54, 1.807) is 0 Å². The van der Waals surface area contributed by atoms with E-state index in [0.29, 0.717) is 5.75 Å². The van der Waals surface area contributed by atoms with Crippen molar-refractivity contribution in [3.05, 3.63) is 35.9 Å². The van der Waals surface area contributed by atoms with E-state index in [0.717, 1.165) is 24.2 Å². The zero-order valence-electron chi connectivity index (χ0n) is 19.0. The van der Waals surface area contributed by atoms with E-state index in [1.807, 2.05) is 12.1 Å². The summed E-state index contributed by atoms with van der Waals surface area (Å²) in [5.74, 6) is 6.44. The van der Waals surface area contributed by atoms with Crippen LogP contribution in [0, 0.1) is 24.7 Å². The molecule has 2 nitrogen and oxygen atoms in total. The van der Waals surface area contributed by atoms with Gasteiger partial charge < -0.3 is 9.47 Å². The van der Waals surface area contributed by atoms with Crippen LogP contribution in [0.1, 0.15) is 89.5 Å². The molecule has 0 aliphatic heterocycles. The maximum atomic E-state index is 5.75. The van der Waals surface area contributed by atoms with E-state index in [2.05, 4.69) is 37.0 Å². The Morgan fingerprint density at radius 1 is 0.767 bits per heavy atom. The number of hydrogen-bond acceptors (Lipinski definition) is 2. The number of aryl methyl sites for hydroxylation is 1. The van der Waals surface area contributed by atoms with Crippen molar-refractivity contribution in [3.63, 3.8) is 0 Å². The first-order valence-electron chi connectivity index (χ1n) is 11.7. The molecular formula is C28H40O2. The van der Waals surface area contributed by atoms with Crippen molar-refractivity contribution in [1.82, 2.24) is 0 Å². The standard InChI is InChI=1S/C28H40O2/c1-4-7-8-9-10-11-12-13-14-15-16-17-18-19-21-26-22-20-23-27(29-24-5-2)28(26)30-25-6-3/h2-3,11-12,20,22-23H,4,7-10,13-19,21,24-25H2,1H3/b12-11-. The van der Waals surface area contributed by atoms with Crippen LogP contribution in [-0.2, 0) is 6.42 Å². The maximum Gasteiger partial charge on any atom is 0.165 e. The second kappa shape index (κ2) is 18.7. The van der Waals surface area contributed by atoms with Gasteiger partial charge in [-0.25, -0.2) is 0 Å². The Bertz CT molecular complexity index is 660. The van der Waals surface area contributed by atoms with E-state index >= 15 is 0 Å². The van der Waals surface area contributed by atoms with Gasteiger partial charge in [0.25, 0.3) is 0 Å². The van der Waals surface area contributed by atoms with Crippen molar-refractivity contribution in [2.75, 3.05) is 13.2 Å². The minimum absolute atomic E-state index is 0.226. The molecule has 1 aromatic carbocycles. The number of hydrogen-bond donors (Lipinski definition) is 0. The first kappa shape index (κ1) is 25.7. The van der Waals surface area contributed by atoms with E-state index in [9.17, 15) is 0 Å². The van der Waals surface area contributed by atoms with Gasteiger partial charge in [-0.2, -0.15) is 0 Å². The second-order valence-electron chi connectivity index (χ2n) is 7.71. The summed E-state index contributed by atoms with van der Waals surface area (Å²) in [5, 5.41) is 0. The molecule has 1 rings (SSSR count). The van der Waals surface area contributed by atoms with Gasteiger partial charge in [0.15, 0.2) is 11.5 Å². The van der Waals surface area contributed by atoms with Crippen LogP contribution in [-0.4, -0.2) is 13.2 Å². The van der Waals surface area contributed by atoms with Crippen molar-refractivity contribution in [3.8, 4) is 36.2 Å². The van der Waals surface area contributed by atoms with Crippen molar-refractivity contribution in [2.24, 2.45) is 0 Å². The minimum Gasteiger partial charge on any atom is -0.477 e. The largest absolute Gasteiger partial charge is 0.477 e. The molecule has 0 aliphatic rings. The van der Waals surface area contributed by atoms with Gasteiger partial charge in [-0.15, -0.1) is 12.8 Å². The molecular weight excluding hydrogens is 368 g/mol. The zero-order chi connectivity index (χ0) is 21.7. The Hall–Kier alpha value is -2.32. The lowest BCUT2D eigenvalue weighted by Crippen LogP contribution is -2.03. The van der Waals surface area contributed by atoms with Gasteiger partial charge in [0.1, 0.15) is 13.2 Å². The summed E-state index contributed by atoms with van der Waals surface area (Å²) >= 11 is 0. The molecule has 0 heterocycles. The molecule has 0 aromatic heterocycles. The quantitative estimate of drug-likeness (QED) is 0.142. The fraction of sp³-hybridized carbons (Fsp3) is 0.571. The fourth-order valence-electron chi connectivity index (χ4n) is 3.48. The topological polar surface area (TPSA) is 18.5 Å². The number of ether oxygens (including phenoxy) is 2. The summed E-state index contributed by atoms with van der Waals surface area (Å²) < 4.78 is 11.4. The molecule has 0 fully saturated rings. The third kappa shape index (κ3) is 12.3. The molecule has 0 N–H and O–H groups in total. The van der Waals surface area contributed by atoms with Gasteiger partial charge in [-0.05, 0) is 50.2 Å². The Morgan fingerprint density at radius 2 is 1.37 bits per heavy atom. The molecule has 30 heavy (non-hydrogen) atoms. The van der Waals surface area contributed by atoms with Crippen molar-refractivity contribution in [1.29, 1.82) is 0 Å². The molecule has 0 saturated heterocycles. The lowest BCUT2D eigenvalue weighted by Gasteiger charge is -2.14. The van der Waals surface area contributed by atoms with Crippen LogP contribution in [0.5, 0.6) is 11.5 Å². The highest BCUT2D eigenvalue weighted by atomic mass is 16.5. The van der Waals surface area contributed by atoms with Crippen LogP contribution >= 0.6 is 0 Å². The Morgan fingerprint density at radius 3 is 2.03 bits per heavy atom. The van der Waals surface area contributed by atoms with Crippen molar-refractivity contribution >= 4 is 0 Å². The van der Waals surface area contributed by atoms with Crippen molar-refractivity contribution < 1.29 is 9.47 Å². The number of allylic oxidation sites excluding steroid dienone is 2. The summed E-state index contributed by atoms with van der Waals surface area (Å²) in [4.78, 5) is 0. The number of para-hydroxylation sites is 1. The van der Waals surface area contributed by atoms with Crippen LogP contribution in [0.2, 0.25) is 0 Å². The maximum absolute atomic E-state index is 5.75. The summed E-state index contributed by atoms with van der Waals surface area (Å²) in [7, 11) is 0. The third-order valence-electron chi connectivity index (χ3n) is 5.13. The highest BCUT2D eigenvalue weighted by molar-refractivity contribution is 5.47. The predicted octanol–water partition coefficient (Wildman–Crippen LogP) is 7.51. The first-order chi connectivity index (χ1) is 14.8. The van der Waals surface area contributed by atoms with E-state index < -0.39 is 0 Å². The normalized spacial score (nSPS) is 10.6. The monoisotopic (exact) mass is 408 g/mol. The fourth-order valence-corrected chi connectivity index (χ4v) is 3.48. The zero-order valence-corrected chi connectivity index (χ0v) is 19.0. The summed E-state index contributed by atoms with van der Waals surface area (Å²) in [6.45, 7) is 2.72. The van der Waals surface area contributed by atoms with Crippen LogP contribution in [0.25, 0.3) is 0 Å². The first-order valence-corrected chi connectivity index (χ1v) is 11.7.